The summed E-state index contributed by atoms with van der Waals surface area (Å²) >= 11 is 0. The van der Waals surface area contributed by atoms with Crippen LogP contribution in [0.3, 0.4) is 0 Å². The minimum atomic E-state index is -0.275. The summed E-state index contributed by atoms with van der Waals surface area (Å²) in [6.07, 6.45) is 1.47. The lowest BCUT2D eigenvalue weighted by Gasteiger charge is -2.27. The molecule has 0 aliphatic carbocycles. The highest BCUT2D eigenvalue weighted by Crippen LogP contribution is 2.22. The predicted octanol–water partition coefficient (Wildman–Crippen LogP) is 2.49. The highest BCUT2D eigenvalue weighted by Gasteiger charge is 2.30. The lowest BCUT2D eigenvalue weighted by molar-refractivity contribution is -0.117. The van der Waals surface area contributed by atoms with Crippen LogP contribution in [0.1, 0.15) is 45.7 Å². The van der Waals surface area contributed by atoms with Crippen molar-refractivity contribution in [1.82, 2.24) is 19.2 Å². The number of hydrogen-bond donors (Lipinski definition) is 0. The van der Waals surface area contributed by atoms with Crippen molar-refractivity contribution >= 4 is 17.5 Å². The molecular weight excluding hydrogens is 418 g/mol. The van der Waals surface area contributed by atoms with Crippen LogP contribution in [0.4, 0.5) is 5.69 Å². The van der Waals surface area contributed by atoms with Gasteiger partial charge in [0.05, 0.1) is 6.54 Å². The van der Waals surface area contributed by atoms with E-state index in [1.807, 2.05) is 38.1 Å². The number of fused-ring (bicyclic) bond motifs is 1. The number of rotatable bonds is 5. The number of amides is 2. The SMILES string of the molecule is Cc1ccc(C)c(CN2CCn3c(nn(Cc4ccc(N5CCCC5=O)cc4)c3=O)C2=O)c1. The molecule has 2 aliphatic heterocycles. The second-order valence-electron chi connectivity index (χ2n) is 8.89. The molecule has 8 heteroatoms. The molecular formula is C25H27N5O3. The van der Waals surface area contributed by atoms with Gasteiger partial charge in [0.15, 0.2) is 0 Å². The first-order valence-corrected chi connectivity index (χ1v) is 11.3. The standard InChI is InChI=1S/C25H27N5O3/c1-17-5-6-18(2)20(14-17)16-27-12-13-29-23(24(27)32)26-30(25(29)33)15-19-7-9-21(10-8-19)28-11-3-4-22(28)31/h5-10,14H,3-4,11-13,15-16H2,1-2H3. The summed E-state index contributed by atoms with van der Waals surface area (Å²) in [7, 11) is 0. The average Bonchev–Trinajstić information content (AvgIpc) is 3.37. The highest BCUT2D eigenvalue weighted by atomic mass is 16.2. The molecule has 0 spiro atoms. The van der Waals surface area contributed by atoms with Gasteiger partial charge in [-0.05, 0) is 49.1 Å². The van der Waals surface area contributed by atoms with E-state index in [2.05, 4.69) is 23.3 Å². The first kappa shape index (κ1) is 21.2. The van der Waals surface area contributed by atoms with E-state index < -0.39 is 0 Å². The van der Waals surface area contributed by atoms with Crippen molar-refractivity contribution in [3.8, 4) is 0 Å². The lowest BCUT2D eigenvalue weighted by Crippen LogP contribution is -2.42. The fourth-order valence-corrected chi connectivity index (χ4v) is 4.57. The first-order valence-electron chi connectivity index (χ1n) is 11.3. The highest BCUT2D eigenvalue weighted by molar-refractivity contribution is 5.95. The third kappa shape index (κ3) is 3.97. The quantitative estimate of drug-likeness (QED) is 0.604. The predicted molar refractivity (Wildman–Crippen MR) is 124 cm³/mol. The van der Waals surface area contributed by atoms with Gasteiger partial charge in [-0.3, -0.25) is 14.2 Å². The number of nitrogens with zero attached hydrogens (tertiary/aromatic N) is 5. The topological polar surface area (TPSA) is 80.4 Å². The van der Waals surface area contributed by atoms with Crippen molar-refractivity contribution < 1.29 is 9.59 Å². The van der Waals surface area contributed by atoms with Crippen LogP contribution in [0.15, 0.2) is 47.3 Å². The third-order valence-corrected chi connectivity index (χ3v) is 6.51. The van der Waals surface area contributed by atoms with Gasteiger partial charge < -0.3 is 9.80 Å². The fourth-order valence-electron chi connectivity index (χ4n) is 4.57. The Hall–Kier alpha value is -3.68. The van der Waals surface area contributed by atoms with Gasteiger partial charge in [-0.25, -0.2) is 9.48 Å². The first-order chi connectivity index (χ1) is 15.9. The van der Waals surface area contributed by atoms with E-state index in [0.29, 0.717) is 26.1 Å². The summed E-state index contributed by atoms with van der Waals surface area (Å²) in [6, 6.07) is 13.8. The molecule has 0 N–H and O–H groups in total. The van der Waals surface area contributed by atoms with Crippen LogP contribution < -0.4 is 10.6 Å². The maximum absolute atomic E-state index is 13.1. The van der Waals surface area contributed by atoms with Gasteiger partial charge in [-0.2, -0.15) is 0 Å². The summed E-state index contributed by atoms with van der Waals surface area (Å²) < 4.78 is 2.82. The molecule has 0 atom stereocenters. The summed E-state index contributed by atoms with van der Waals surface area (Å²) in [5, 5.41) is 4.38. The molecule has 33 heavy (non-hydrogen) atoms. The van der Waals surface area contributed by atoms with Crippen molar-refractivity contribution in [3.05, 3.63) is 81.0 Å². The van der Waals surface area contributed by atoms with Crippen LogP contribution in [-0.2, 0) is 24.4 Å². The second-order valence-corrected chi connectivity index (χ2v) is 8.89. The average molecular weight is 446 g/mol. The van der Waals surface area contributed by atoms with Gasteiger partial charge in [0.25, 0.3) is 5.91 Å². The van der Waals surface area contributed by atoms with Gasteiger partial charge in [0, 0.05) is 38.3 Å². The van der Waals surface area contributed by atoms with E-state index in [0.717, 1.165) is 40.9 Å². The Morgan fingerprint density at radius 2 is 1.70 bits per heavy atom. The number of anilines is 1. The van der Waals surface area contributed by atoms with E-state index in [-0.39, 0.29) is 29.9 Å². The van der Waals surface area contributed by atoms with Crippen molar-refractivity contribution in [3.63, 3.8) is 0 Å². The molecule has 170 valence electrons. The van der Waals surface area contributed by atoms with E-state index in [1.54, 1.807) is 9.80 Å². The smallest absolute Gasteiger partial charge is 0.330 e. The number of aromatic nitrogens is 3. The zero-order chi connectivity index (χ0) is 23.1. The molecule has 3 heterocycles. The number of carbonyl (C=O) groups excluding carboxylic acids is 2. The van der Waals surface area contributed by atoms with Crippen LogP contribution in [0, 0.1) is 13.8 Å². The summed E-state index contributed by atoms with van der Waals surface area (Å²) in [4.78, 5) is 41.5. The normalized spacial score (nSPS) is 15.9. The molecule has 0 radical (unpaired) electrons. The van der Waals surface area contributed by atoms with Crippen LogP contribution in [0.25, 0.3) is 0 Å². The minimum Gasteiger partial charge on any atom is -0.330 e. The van der Waals surface area contributed by atoms with E-state index in [1.165, 1.54) is 9.25 Å². The monoisotopic (exact) mass is 445 g/mol. The maximum Gasteiger partial charge on any atom is 0.346 e. The molecule has 0 unspecified atom stereocenters. The molecule has 0 saturated carbocycles. The van der Waals surface area contributed by atoms with Gasteiger partial charge in [0.1, 0.15) is 0 Å². The second kappa shape index (κ2) is 8.35. The largest absolute Gasteiger partial charge is 0.346 e. The van der Waals surface area contributed by atoms with Gasteiger partial charge in [0.2, 0.25) is 11.7 Å². The molecule has 1 fully saturated rings. The number of aryl methyl sites for hydroxylation is 2. The van der Waals surface area contributed by atoms with Crippen molar-refractivity contribution in [2.75, 3.05) is 18.0 Å². The van der Waals surface area contributed by atoms with Crippen molar-refractivity contribution in [2.24, 2.45) is 0 Å². The van der Waals surface area contributed by atoms with Crippen molar-refractivity contribution in [2.45, 2.75) is 46.3 Å². The lowest BCUT2D eigenvalue weighted by atomic mass is 10.0. The Morgan fingerprint density at radius 3 is 2.42 bits per heavy atom. The molecule has 2 aliphatic rings. The van der Waals surface area contributed by atoms with Gasteiger partial charge in [-0.1, -0.05) is 35.9 Å². The van der Waals surface area contributed by atoms with Gasteiger partial charge in [-0.15, -0.1) is 5.10 Å². The summed E-state index contributed by atoms with van der Waals surface area (Å²) in [5.41, 5.74) is 4.89. The molecule has 2 amide bonds. The minimum absolute atomic E-state index is 0.143. The third-order valence-electron chi connectivity index (χ3n) is 6.51. The Bertz CT molecular complexity index is 1290. The number of carbonyl (C=O) groups is 2. The van der Waals surface area contributed by atoms with E-state index in [9.17, 15) is 14.4 Å². The molecule has 3 aromatic rings. The van der Waals surface area contributed by atoms with Crippen LogP contribution in [0.5, 0.6) is 0 Å². The molecule has 1 aromatic heterocycles. The van der Waals surface area contributed by atoms with Crippen LogP contribution >= 0.6 is 0 Å². The van der Waals surface area contributed by atoms with Crippen LogP contribution in [-0.4, -0.2) is 44.2 Å². The maximum atomic E-state index is 13.1. The zero-order valence-electron chi connectivity index (χ0n) is 19.0. The van der Waals surface area contributed by atoms with Crippen LogP contribution in [0.2, 0.25) is 0 Å². The molecule has 8 nitrogen and oxygen atoms in total. The van der Waals surface area contributed by atoms with Gasteiger partial charge >= 0.3 is 5.69 Å². The Kier molecular flexibility index (Phi) is 5.36. The Balaban J connectivity index is 1.34. The Morgan fingerprint density at radius 1 is 0.909 bits per heavy atom. The molecule has 2 aromatic carbocycles. The van der Waals surface area contributed by atoms with Crippen molar-refractivity contribution in [1.29, 1.82) is 0 Å². The fraction of sp³-hybridized carbons (Fsp3) is 0.360. The summed E-state index contributed by atoms with van der Waals surface area (Å²) in [6.45, 7) is 6.51. The summed E-state index contributed by atoms with van der Waals surface area (Å²) in [5.74, 6) is 0.112. The number of benzene rings is 2. The zero-order valence-corrected chi connectivity index (χ0v) is 19.0. The molecule has 0 bridgehead atoms. The number of hydrogen-bond acceptors (Lipinski definition) is 4. The molecule has 5 rings (SSSR count). The molecule has 1 saturated heterocycles. The van der Waals surface area contributed by atoms with E-state index in [4.69, 9.17) is 0 Å². The Labute approximate surface area is 192 Å². The van der Waals surface area contributed by atoms with E-state index >= 15 is 0 Å².